The van der Waals surface area contributed by atoms with Crippen molar-refractivity contribution in [1.29, 1.82) is 0 Å². The molecular formula is C12H11BrF2N2O2. The molecule has 1 heterocycles. The van der Waals surface area contributed by atoms with E-state index in [-0.39, 0.29) is 22.6 Å². The van der Waals surface area contributed by atoms with Gasteiger partial charge in [0.1, 0.15) is 11.6 Å². The maximum Gasteiger partial charge on any atom is 0.244 e. The molecule has 2 rings (SSSR count). The second kappa shape index (κ2) is 5.64. The van der Waals surface area contributed by atoms with Crippen LogP contribution in [0.4, 0.5) is 14.5 Å². The molecule has 7 heteroatoms. The number of anilines is 1. The van der Waals surface area contributed by atoms with E-state index >= 15 is 0 Å². The summed E-state index contributed by atoms with van der Waals surface area (Å²) < 4.78 is 26.5. The summed E-state index contributed by atoms with van der Waals surface area (Å²) in [6, 6.07) is 1.83. The summed E-state index contributed by atoms with van der Waals surface area (Å²) in [7, 11) is 0. The Hall–Kier alpha value is -1.50. The zero-order chi connectivity index (χ0) is 14.0. The van der Waals surface area contributed by atoms with Crippen LogP contribution in [0.15, 0.2) is 16.6 Å². The first kappa shape index (κ1) is 13.9. The fourth-order valence-electron chi connectivity index (χ4n) is 1.85. The Morgan fingerprint density at radius 3 is 2.74 bits per heavy atom. The first-order chi connectivity index (χ1) is 8.97. The molecule has 0 aliphatic carbocycles. The quantitative estimate of drug-likeness (QED) is 0.863. The Morgan fingerprint density at radius 2 is 2.11 bits per heavy atom. The van der Waals surface area contributed by atoms with Crippen molar-refractivity contribution in [2.45, 2.75) is 12.8 Å². The average Bonchev–Trinajstić information content (AvgIpc) is 2.72. The van der Waals surface area contributed by atoms with E-state index in [0.717, 1.165) is 12.5 Å². The zero-order valence-corrected chi connectivity index (χ0v) is 11.5. The van der Waals surface area contributed by atoms with Crippen molar-refractivity contribution in [3.05, 3.63) is 28.2 Å². The molecule has 0 unspecified atom stereocenters. The van der Waals surface area contributed by atoms with Gasteiger partial charge in [0.05, 0.1) is 16.7 Å². The summed E-state index contributed by atoms with van der Waals surface area (Å²) in [5.41, 5.74) is -0.120. The number of hydrogen-bond acceptors (Lipinski definition) is 2. The van der Waals surface area contributed by atoms with Crippen LogP contribution in [-0.2, 0) is 9.59 Å². The van der Waals surface area contributed by atoms with Gasteiger partial charge in [-0.2, -0.15) is 0 Å². The van der Waals surface area contributed by atoms with Crippen LogP contribution in [0, 0.1) is 11.6 Å². The van der Waals surface area contributed by atoms with Crippen molar-refractivity contribution in [1.82, 2.24) is 4.90 Å². The predicted molar refractivity (Wildman–Crippen MR) is 68.5 cm³/mol. The predicted octanol–water partition coefficient (Wildman–Crippen LogP) is 2.29. The summed E-state index contributed by atoms with van der Waals surface area (Å²) >= 11 is 2.91. The fraction of sp³-hybridized carbons (Fsp3) is 0.333. The highest BCUT2D eigenvalue weighted by Crippen LogP contribution is 2.23. The third-order valence-corrected chi connectivity index (χ3v) is 3.40. The molecule has 1 aliphatic rings. The molecule has 0 aromatic heterocycles. The van der Waals surface area contributed by atoms with Crippen molar-refractivity contribution < 1.29 is 18.4 Å². The molecule has 2 amide bonds. The van der Waals surface area contributed by atoms with Gasteiger partial charge in [-0.15, -0.1) is 0 Å². The van der Waals surface area contributed by atoms with E-state index in [1.54, 1.807) is 0 Å². The molecule has 0 spiro atoms. The maximum atomic E-state index is 13.4. The van der Waals surface area contributed by atoms with Gasteiger partial charge >= 0.3 is 0 Å². The second-order valence-electron chi connectivity index (χ2n) is 4.21. The topological polar surface area (TPSA) is 49.4 Å². The van der Waals surface area contributed by atoms with Crippen molar-refractivity contribution in [2.75, 3.05) is 18.4 Å². The van der Waals surface area contributed by atoms with Gasteiger partial charge in [-0.1, -0.05) is 0 Å². The highest BCUT2D eigenvalue weighted by Gasteiger charge is 2.22. The molecule has 1 aromatic carbocycles. The molecule has 0 bridgehead atoms. The zero-order valence-electron chi connectivity index (χ0n) is 9.88. The fourth-order valence-corrected chi connectivity index (χ4v) is 2.20. The highest BCUT2D eigenvalue weighted by atomic mass is 79.9. The van der Waals surface area contributed by atoms with Crippen LogP contribution in [0.5, 0.6) is 0 Å². The molecule has 102 valence electrons. The second-order valence-corrected chi connectivity index (χ2v) is 5.07. The molecular weight excluding hydrogens is 322 g/mol. The number of halogens is 3. The lowest BCUT2D eigenvalue weighted by atomic mass is 10.3. The molecule has 1 saturated heterocycles. The Morgan fingerprint density at radius 1 is 1.37 bits per heavy atom. The summed E-state index contributed by atoms with van der Waals surface area (Å²) in [6.07, 6.45) is 1.16. The van der Waals surface area contributed by atoms with Gasteiger partial charge < -0.3 is 10.2 Å². The molecule has 4 nitrogen and oxygen atoms in total. The van der Waals surface area contributed by atoms with Gasteiger partial charge in [0.25, 0.3) is 0 Å². The SMILES string of the molecule is O=C(CN1CCCC1=O)Nc1cc(Br)c(F)cc1F. The van der Waals surface area contributed by atoms with E-state index in [2.05, 4.69) is 21.2 Å². The van der Waals surface area contributed by atoms with Crippen LogP contribution in [0.2, 0.25) is 0 Å². The number of carbonyl (C=O) groups is 2. The Labute approximate surface area is 116 Å². The summed E-state index contributed by atoms with van der Waals surface area (Å²) in [6.45, 7) is 0.412. The van der Waals surface area contributed by atoms with Crippen molar-refractivity contribution >= 4 is 33.4 Å². The van der Waals surface area contributed by atoms with Crippen LogP contribution in [0.3, 0.4) is 0 Å². The molecule has 19 heavy (non-hydrogen) atoms. The molecule has 1 aromatic rings. The first-order valence-corrected chi connectivity index (χ1v) is 6.49. The van der Waals surface area contributed by atoms with E-state index < -0.39 is 17.5 Å². The standard InChI is InChI=1S/C12H11BrF2N2O2/c13-7-4-10(9(15)5-8(7)14)16-11(18)6-17-3-1-2-12(17)19/h4-5H,1-3,6H2,(H,16,18). The Kier molecular flexibility index (Phi) is 4.14. The van der Waals surface area contributed by atoms with Gasteiger partial charge in [0.15, 0.2) is 0 Å². The van der Waals surface area contributed by atoms with E-state index in [1.807, 2.05) is 0 Å². The van der Waals surface area contributed by atoms with Crippen LogP contribution in [0.1, 0.15) is 12.8 Å². The largest absolute Gasteiger partial charge is 0.333 e. The van der Waals surface area contributed by atoms with E-state index in [1.165, 1.54) is 4.90 Å². The minimum absolute atomic E-state index is 0.0569. The van der Waals surface area contributed by atoms with Crippen molar-refractivity contribution in [2.24, 2.45) is 0 Å². The number of benzene rings is 1. The summed E-state index contributed by atoms with van der Waals surface area (Å²) in [4.78, 5) is 24.4. The third kappa shape index (κ3) is 3.28. The molecule has 0 atom stereocenters. The van der Waals surface area contributed by atoms with E-state index in [4.69, 9.17) is 0 Å². The van der Waals surface area contributed by atoms with Gasteiger partial charge in [0, 0.05) is 19.0 Å². The van der Waals surface area contributed by atoms with E-state index in [0.29, 0.717) is 19.0 Å². The molecule has 0 saturated carbocycles. The Balaban J connectivity index is 2.02. The number of nitrogens with one attached hydrogen (secondary N) is 1. The lowest BCUT2D eigenvalue weighted by molar-refractivity contribution is -0.131. The molecule has 1 fully saturated rings. The van der Waals surface area contributed by atoms with Crippen LogP contribution >= 0.6 is 15.9 Å². The van der Waals surface area contributed by atoms with Crippen molar-refractivity contribution in [3.63, 3.8) is 0 Å². The molecule has 1 N–H and O–H groups in total. The number of nitrogens with zero attached hydrogens (tertiary/aromatic N) is 1. The maximum absolute atomic E-state index is 13.4. The minimum Gasteiger partial charge on any atom is -0.333 e. The van der Waals surface area contributed by atoms with Gasteiger partial charge in [-0.25, -0.2) is 8.78 Å². The monoisotopic (exact) mass is 332 g/mol. The molecule has 0 radical (unpaired) electrons. The van der Waals surface area contributed by atoms with Crippen molar-refractivity contribution in [3.8, 4) is 0 Å². The average molecular weight is 333 g/mol. The van der Waals surface area contributed by atoms with Gasteiger partial charge in [-0.05, 0) is 28.4 Å². The minimum atomic E-state index is -0.859. The smallest absolute Gasteiger partial charge is 0.244 e. The summed E-state index contributed by atoms with van der Waals surface area (Å²) in [5.74, 6) is -2.20. The van der Waals surface area contributed by atoms with Crippen LogP contribution in [-0.4, -0.2) is 29.8 Å². The highest BCUT2D eigenvalue weighted by molar-refractivity contribution is 9.10. The number of rotatable bonds is 3. The van der Waals surface area contributed by atoms with Crippen LogP contribution in [0.25, 0.3) is 0 Å². The number of likely N-dealkylation sites (tertiary alicyclic amines) is 1. The number of carbonyl (C=O) groups excluding carboxylic acids is 2. The Bertz CT molecular complexity index is 537. The van der Waals surface area contributed by atoms with Gasteiger partial charge in [-0.3, -0.25) is 9.59 Å². The lowest BCUT2D eigenvalue weighted by Gasteiger charge is -2.15. The lowest BCUT2D eigenvalue weighted by Crippen LogP contribution is -2.34. The molecule has 1 aliphatic heterocycles. The third-order valence-electron chi connectivity index (χ3n) is 2.79. The van der Waals surface area contributed by atoms with Gasteiger partial charge in [0.2, 0.25) is 11.8 Å². The number of amides is 2. The normalized spacial score (nSPS) is 14.9. The summed E-state index contributed by atoms with van der Waals surface area (Å²) in [5, 5.41) is 2.32. The number of hydrogen-bond donors (Lipinski definition) is 1. The van der Waals surface area contributed by atoms with Crippen LogP contribution < -0.4 is 5.32 Å². The van der Waals surface area contributed by atoms with E-state index in [9.17, 15) is 18.4 Å². The first-order valence-electron chi connectivity index (χ1n) is 5.69.